The molecule has 0 aliphatic carbocycles. The zero-order valence-corrected chi connectivity index (χ0v) is 12.1. The SMILES string of the molecule is C/C=C/C=C/C(=O)O[C@H](C)C(=O)Nc1cccc(Cl)c1. The molecule has 0 bridgehead atoms. The first kappa shape index (κ1) is 16.0. The molecule has 0 radical (unpaired) electrons. The van der Waals surface area contributed by atoms with Gasteiger partial charge in [0, 0.05) is 16.8 Å². The van der Waals surface area contributed by atoms with E-state index in [1.54, 1.807) is 42.5 Å². The minimum atomic E-state index is -0.892. The largest absolute Gasteiger partial charge is 0.449 e. The van der Waals surface area contributed by atoms with E-state index >= 15 is 0 Å². The van der Waals surface area contributed by atoms with Gasteiger partial charge in [-0.25, -0.2) is 4.79 Å². The van der Waals surface area contributed by atoms with Gasteiger partial charge in [0.25, 0.3) is 5.91 Å². The first-order chi connectivity index (χ1) is 9.52. The molecule has 1 aromatic rings. The number of carbonyl (C=O) groups is 2. The summed E-state index contributed by atoms with van der Waals surface area (Å²) in [5.74, 6) is -0.989. The van der Waals surface area contributed by atoms with E-state index < -0.39 is 18.0 Å². The molecule has 0 saturated heterocycles. The number of anilines is 1. The molecule has 0 saturated carbocycles. The molecule has 106 valence electrons. The normalized spacial score (nSPS) is 12.6. The zero-order valence-electron chi connectivity index (χ0n) is 11.3. The maximum absolute atomic E-state index is 11.8. The number of rotatable bonds is 5. The monoisotopic (exact) mass is 293 g/mol. The summed E-state index contributed by atoms with van der Waals surface area (Å²) in [6.45, 7) is 3.33. The van der Waals surface area contributed by atoms with Gasteiger partial charge in [0.2, 0.25) is 0 Å². The Hall–Kier alpha value is -2.07. The van der Waals surface area contributed by atoms with E-state index in [1.807, 2.05) is 6.92 Å². The van der Waals surface area contributed by atoms with E-state index in [1.165, 1.54) is 13.0 Å². The van der Waals surface area contributed by atoms with E-state index in [0.717, 1.165) is 0 Å². The number of hydrogen-bond acceptors (Lipinski definition) is 3. The number of benzene rings is 1. The van der Waals surface area contributed by atoms with Crippen LogP contribution >= 0.6 is 11.6 Å². The average Bonchev–Trinajstić information content (AvgIpc) is 2.38. The Labute approximate surface area is 123 Å². The minimum Gasteiger partial charge on any atom is -0.449 e. The summed E-state index contributed by atoms with van der Waals surface area (Å²) < 4.78 is 4.96. The van der Waals surface area contributed by atoms with E-state index in [9.17, 15) is 9.59 Å². The van der Waals surface area contributed by atoms with Gasteiger partial charge in [-0.05, 0) is 32.0 Å². The van der Waals surface area contributed by atoms with Crippen molar-refractivity contribution >= 4 is 29.2 Å². The van der Waals surface area contributed by atoms with Crippen LogP contribution in [0.3, 0.4) is 0 Å². The fraction of sp³-hybridized carbons (Fsp3) is 0.200. The quantitative estimate of drug-likeness (QED) is 0.514. The number of amides is 1. The van der Waals surface area contributed by atoms with Crippen LogP contribution in [0.5, 0.6) is 0 Å². The van der Waals surface area contributed by atoms with Crippen LogP contribution in [-0.4, -0.2) is 18.0 Å². The molecule has 1 aromatic carbocycles. The van der Waals surface area contributed by atoms with E-state index in [2.05, 4.69) is 5.32 Å². The van der Waals surface area contributed by atoms with Crippen LogP contribution in [0.15, 0.2) is 48.6 Å². The summed E-state index contributed by atoms with van der Waals surface area (Å²) >= 11 is 5.81. The van der Waals surface area contributed by atoms with Gasteiger partial charge in [-0.2, -0.15) is 0 Å². The molecule has 0 spiro atoms. The summed E-state index contributed by atoms with van der Waals surface area (Å²) in [4.78, 5) is 23.2. The molecule has 1 N–H and O–H groups in total. The molecular formula is C15H16ClNO3. The third-order valence-corrected chi connectivity index (χ3v) is 2.53. The van der Waals surface area contributed by atoms with Crippen LogP contribution < -0.4 is 5.32 Å². The predicted octanol–water partition coefficient (Wildman–Crippen LogP) is 3.34. The first-order valence-electron chi connectivity index (χ1n) is 6.09. The molecule has 1 amide bonds. The van der Waals surface area contributed by atoms with Gasteiger partial charge in [0.1, 0.15) is 0 Å². The number of ether oxygens (including phenoxy) is 1. The third kappa shape index (κ3) is 5.71. The van der Waals surface area contributed by atoms with Crippen molar-refractivity contribution in [2.24, 2.45) is 0 Å². The predicted molar refractivity (Wildman–Crippen MR) is 79.6 cm³/mol. The molecular weight excluding hydrogens is 278 g/mol. The van der Waals surface area contributed by atoms with Crippen molar-refractivity contribution in [2.45, 2.75) is 20.0 Å². The molecule has 0 aliphatic heterocycles. The molecule has 0 heterocycles. The number of carbonyl (C=O) groups excluding carboxylic acids is 2. The molecule has 1 rings (SSSR count). The molecule has 0 unspecified atom stereocenters. The summed E-state index contributed by atoms with van der Waals surface area (Å²) in [6, 6.07) is 6.73. The third-order valence-electron chi connectivity index (χ3n) is 2.29. The molecule has 0 fully saturated rings. The Bertz CT molecular complexity index is 538. The maximum Gasteiger partial charge on any atom is 0.331 e. The molecule has 0 aliphatic rings. The Morgan fingerprint density at radius 3 is 2.75 bits per heavy atom. The Morgan fingerprint density at radius 2 is 2.10 bits per heavy atom. The fourth-order valence-corrected chi connectivity index (χ4v) is 1.51. The molecule has 1 atom stereocenters. The summed E-state index contributed by atoms with van der Waals surface area (Å²) in [7, 11) is 0. The highest BCUT2D eigenvalue weighted by atomic mass is 35.5. The molecule has 20 heavy (non-hydrogen) atoms. The van der Waals surface area contributed by atoms with E-state index in [0.29, 0.717) is 10.7 Å². The van der Waals surface area contributed by atoms with Gasteiger partial charge >= 0.3 is 5.97 Å². The van der Waals surface area contributed by atoms with Crippen molar-refractivity contribution < 1.29 is 14.3 Å². The number of allylic oxidation sites excluding steroid dienone is 3. The van der Waals surface area contributed by atoms with Gasteiger partial charge in [-0.3, -0.25) is 4.79 Å². The van der Waals surface area contributed by atoms with E-state index in [-0.39, 0.29) is 0 Å². The molecule has 5 heteroatoms. The second-order valence-electron chi connectivity index (χ2n) is 3.96. The van der Waals surface area contributed by atoms with Crippen molar-refractivity contribution in [2.75, 3.05) is 5.32 Å². The van der Waals surface area contributed by atoms with Gasteiger partial charge in [0.05, 0.1) is 0 Å². The van der Waals surface area contributed by atoms with Crippen molar-refractivity contribution in [3.8, 4) is 0 Å². The number of hydrogen-bond donors (Lipinski definition) is 1. The topological polar surface area (TPSA) is 55.4 Å². The number of halogens is 1. The number of esters is 1. The second-order valence-corrected chi connectivity index (χ2v) is 4.40. The second kappa shape index (κ2) is 8.17. The van der Waals surface area contributed by atoms with Gasteiger partial charge < -0.3 is 10.1 Å². The smallest absolute Gasteiger partial charge is 0.331 e. The van der Waals surface area contributed by atoms with Gasteiger partial charge in [-0.1, -0.05) is 35.9 Å². The maximum atomic E-state index is 11.8. The summed E-state index contributed by atoms with van der Waals surface area (Å²) in [5.41, 5.74) is 0.551. The lowest BCUT2D eigenvalue weighted by Gasteiger charge is -2.12. The van der Waals surface area contributed by atoms with Crippen LogP contribution in [-0.2, 0) is 14.3 Å². The zero-order chi connectivity index (χ0) is 15.0. The average molecular weight is 294 g/mol. The fourth-order valence-electron chi connectivity index (χ4n) is 1.32. The van der Waals surface area contributed by atoms with Crippen molar-refractivity contribution in [1.82, 2.24) is 0 Å². The highest BCUT2D eigenvalue weighted by Gasteiger charge is 2.16. The highest BCUT2D eigenvalue weighted by molar-refractivity contribution is 6.30. The van der Waals surface area contributed by atoms with Crippen LogP contribution in [0, 0.1) is 0 Å². The molecule has 0 aromatic heterocycles. The van der Waals surface area contributed by atoms with E-state index in [4.69, 9.17) is 16.3 Å². The van der Waals surface area contributed by atoms with Crippen LogP contribution in [0.1, 0.15) is 13.8 Å². The minimum absolute atomic E-state index is 0.417. The van der Waals surface area contributed by atoms with Crippen LogP contribution in [0.2, 0.25) is 5.02 Å². The summed E-state index contributed by atoms with van der Waals surface area (Å²) in [6.07, 6.45) is 5.38. The van der Waals surface area contributed by atoms with Crippen molar-refractivity contribution in [1.29, 1.82) is 0 Å². The lowest BCUT2D eigenvalue weighted by molar-refractivity contribution is -0.148. The Morgan fingerprint density at radius 1 is 1.35 bits per heavy atom. The summed E-state index contributed by atoms with van der Waals surface area (Å²) in [5, 5.41) is 3.13. The molecule has 4 nitrogen and oxygen atoms in total. The Kier molecular flexibility index (Phi) is 6.53. The van der Waals surface area contributed by atoms with Gasteiger partial charge in [0.15, 0.2) is 6.10 Å². The number of nitrogens with one attached hydrogen (secondary N) is 1. The van der Waals surface area contributed by atoms with Gasteiger partial charge in [-0.15, -0.1) is 0 Å². The lowest BCUT2D eigenvalue weighted by Crippen LogP contribution is -2.29. The van der Waals surface area contributed by atoms with Crippen molar-refractivity contribution in [3.05, 3.63) is 53.6 Å². The lowest BCUT2D eigenvalue weighted by atomic mass is 10.3. The van der Waals surface area contributed by atoms with Crippen molar-refractivity contribution in [3.63, 3.8) is 0 Å². The standard InChI is InChI=1S/C15H16ClNO3/c1-3-4-5-9-14(18)20-11(2)15(19)17-13-8-6-7-12(16)10-13/h3-11H,1-2H3,(H,17,19)/b4-3+,9-5+/t11-/m1/s1. The highest BCUT2D eigenvalue weighted by Crippen LogP contribution is 2.15. The Balaban J connectivity index is 2.53. The van der Waals surface area contributed by atoms with Crippen LogP contribution in [0.4, 0.5) is 5.69 Å². The van der Waals surface area contributed by atoms with Crippen LogP contribution in [0.25, 0.3) is 0 Å². The first-order valence-corrected chi connectivity index (χ1v) is 6.47.